The Morgan fingerprint density at radius 3 is 2.58 bits per heavy atom. The van der Waals surface area contributed by atoms with Gasteiger partial charge in [-0.05, 0) is 51.5 Å². The highest BCUT2D eigenvalue weighted by Crippen LogP contribution is 2.29. The average Bonchev–Trinajstić information content (AvgIpc) is 2.62. The summed E-state index contributed by atoms with van der Waals surface area (Å²) in [5.74, 6) is 0.533. The molecule has 5 heteroatoms. The molecule has 0 saturated carbocycles. The summed E-state index contributed by atoms with van der Waals surface area (Å²) in [5, 5.41) is 7.62. The number of aryl methyl sites for hydroxylation is 2. The van der Waals surface area contributed by atoms with Gasteiger partial charge in [0.1, 0.15) is 5.82 Å². The summed E-state index contributed by atoms with van der Waals surface area (Å²) in [6, 6.07) is 5.08. The number of nitrogen functional groups attached to an aromatic ring is 1. The highest BCUT2D eigenvalue weighted by atomic mass is 19.1. The van der Waals surface area contributed by atoms with Crippen molar-refractivity contribution in [3.05, 3.63) is 35.3 Å². The summed E-state index contributed by atoms with van der Waals surface area (Å²) in [7, 11) is 0. The third-order valence-corrected chi connectivity index (χ3v) is 3.04. The van der Waals surface area contributed by atoms with Gasteiger partial charge in [0.25, 0.3) is 0 Å². The molecular formula is C14H19FN4. The fraction of sp³-hybridized carbons (Fsp3) is 0.357. The van der Waals surface area contributed by atoms with Crippen LogP contribution in [-0.4, -0.2) is 9.78 Å². The smallest absolute Gasteiger partial charge is 0.152 e. The second-order valence-electron chi connectivity index (χ2n) is 4.97. The number of halogens is 1. The van der Waals surface area contributed by atoms with Gasteiger partial charge >= 0.3 is 0 Å². The summed E-state index contributed by atoms with van der Waals surface area (Å²) in [6.45, 7) is 7.67. The molecule has 0 unspecified atom stereocenters. The van der Waals surface area contributed by atoms with Crippen molar-refractivity contribution >= 4 is 17.2 Å². The van der Waals surface area contributed by atoms with Crippen LogP contribution in [0.3, 0.4) is 0 Å². The molecule has 0 fully saturated rings. The minimum atomic E-state index is -0.216. The number of benzene rings is 1. The van der Waals surface area contributed by atoms with Crippen molar-refractivity contribution < 1.29 is 4.39 Å². The minimum Gasteiger partial charge on any atom is -0.394 e. The van der Waals surface area contributed by atoms with Gasteiger partial charge in [-0.15, -0.1) is 0 Å². The van der Waals surface area contributed by atoms with Crippen LogP contribution in [0.1, 0.15) is 31.1 Å². The Kier molecular flexibility index (Phi) is 3.46. The molecule has 0 atom stereocenters. The molecule has 0 aliphatic rings. The van der Waals surface area contributed by atoms with Crippen molar-refractivity contribution in [3.63, 3.8) is 0 Å². The van der Waals surface area contributed by atoms with Crippen molar-refractivity contribution in [2.24, 2.45) is 0 Å². The predicted octanol–water partition coefficient (Wildman–Crippen LogP) is 3.55. The number of rotatable bonds is 3. The highest BCUT2D eigenvalue weighted by molar-refractivity contribution is 5.71. The molecule has 0 amide bonds. The fourth-order valence-corrected chi connectivity index (χ4v) is 1.92. The number of anilines is 3. The fourth-order valence-electron chi connectivity index (χ4n) is 1.92. The van der Waals surface area contributed by atoms with Gasteiger partial charge in [-0.2, -0.15) is 5.10 Å². The second kappa shape index (κ2) is 4.91. The summed E-state index contributed by atoms with van der Waals surface area (Å²) >= 11 is 0. The first kappa shape index (κ1) is 13.4. The van der Waals surface area contributed by atoms with E-state index in [2.05, 4.69) is 10.4 Å². The van der Waals surface area contributed by atoms with Gasteiger partial charge in [0.2, 0.25) is 0 Å². The van der Waals surface area contributed by atoms with Crippen LogP contribution in [0, 0.1) is 19.7 Å². The van der Waals surface area contributed by atoms with E-state index in [9.17, 15) is 4.39 Å². The Morgan fingerprint density at radius 1 is 1.32 bits per heavy atom. The van der Waals surface area contributed by atoms with Gasteiger partial charge in [0.05, 0.1) is 11.4 Å². The first-order valence-electron chi connectivity index (χ1n) is 6.28. The van der Waals surface area contributed by atoms with Crippen LogP contribution in [0.25, 0.3) is 0 Å². The monoisotopic (exact) mass is 262 g/mol. The molecule has 1 aromatic carbocycles. The molecule has 0 radical (unpaired) electrons. The van der Waals surface area contributed by atoms with E-state index >= 15 is 0 Å². The normalized spacial score (nSPS) is 11.1. The van der Waals surface area contributed by atoms with Crippen LogP contribution in [0.5, 0.6) is 0 Å². The zero-order valence-corrected chi connectivity index (χ0v) is 11.7. The van der Waals surface area contributed by atoms with Gasteiger partial charge < -0.3 is 11.1 Å². The maximum Gasteiger partial charge on any atom is 0.152 e. The summed E-state index contributed by atoms with van der Waals surface area (Å²) in [6.07, 6.45) is 0. The first-order chi connectivity index (χ1) is 8.90. The van der Waals surface area contributed by atoms with Crippen LogP contribution in [-0.2, 0) is 0 Å². The van der Waals surface area contributed by atoms with E-state index < -0.39 is 0 Å². The van der Waals surface area contributed by atoms with E-state index in [0.29, 0.717) is 11.3 Å². The van der Waals surface area contributed by atoms with Gasteiger partial charge in [0, 0.05) is 11.7 Å². The lowest BCUT2D eigenvalue weighted by molar-refractivity contribution is 0.536. The number of hydrogen-bond acceptors (Lipinski definition) is 3. The lowest BCUT2D eigenvalue weighted by atomic mass is 10.2. The maximum atomic E-state index is 13.3. The van der Waals surface area contributed by atoms with E-state index in [4.69, 9.17) is 5.73 Å². The quantitative estimate of drug-likeness (QED) is 0.889. The lowest BCUT2D eigenvalue weighted by Gasteiger charge is -2.14. The molecule has 102 valence electrons. The van der Waals surface area contributed by atoms with E-state index in [0.717, 1.165) is 17.2 Å². The predicted molar refractivity (Wildman–Crippen MR) is 76.2 cm³/mol. The Hall–Kier alpha value is -2.04. The third kappa shape index (κ3) is 2.54. The molecule has 3 N–H and O–H groups in total. The van der Waals surface area contributed by atoms with Gasteiger partial charge in [-0.3, -0.25) is 0 Å². The van der Waals surface area contributed by atoms with Crippen LogP contribution in [0.4, 0.5) is 21.6 Å². The molecule has 0 saturated heterocycles. The van der Waals surface area contributed by atoms with Crippen LogP contribution < -0.4 is 11.1 Å². The minimum absolute atomic E-state index is 0.194. The van der Waals surface area contributed by atoms with Crippen molar-refractivity contribution in [2.75, 3.05) is 11.1 Å². The first-order valence-corrected chi connectivity index (χ1v) is 6.28. The van der Waals surface area contributed by atoms with Gasteiger partial charge in [-0.25, -0.2) is 9.07 Å². The molecule has 2 rings (SSSR count). The zero-order chi connectivity index (χ0) is 14.2. The highest BCUT2D eigenvalue weighted by Gasteiger charge is 2.15. The lowest BCUT2D eigenvalue weighted by Crippen LogP contribution is -2.08. The Morgan fingerprint density at radius 2 is 2.00 bits per heavy atom. The Labute approximate surface area is 112 Å². The number of nitrogens with two attached hydrogens (primary N) is 1. The Bertz CT molecular complexity index is 602. The molecule has 1 heterocycles. The molecule has 1 aromatic heterocycles. The largest absolute Gasteiger partial charge is 0.394 e. The zero-order valence-electron chi connectivity index (χ0n) is 11.7. The van der Waals surface area contributed by atoms with Gasteiger partial charge in [-0.1, -0.05) is 0 Å². The number of nitrogens with zero attached hydrogens (tertiary/aromatic N) is 2. The summed E-state index contributed by atoms with van der Waals surface area (Å²) in [5.41, 5.74) is 8.84. The molecule has 0 bridgehead atoms. The van der Waals surface area contributed by atoms with E-state index in [1.165, 1.54) is 6.07 Å². The SMILES string of the molecule is Cc1cc(Nc2c(N)c(C)nn2C(C)C)ccc1F. The maximum absolute atomic E-state index is 13.3. The van der Waals surface area contributed by atoms with Crippen molar-refractivity contribution in [1.29, 1.82) is 0 Å². The average molecular weight is 262 g/mol. The number of aromatic nitrogens is 2. The second-order valence-corrected chi connectivity index (χ2v) is 4.97. The van der Waals surface area contributed by atoms with E-state index in [1.54, 1.807) is 19.1 Å². The number of nitrogens with one attached hydrogen (secondary N) is 1. The van der Waals surface area contributed by atoms with Crippen LogP contribution in [0.15, 0.2) is 18.2 Å². The standard InChI is InChI=1S/C14H19FN4/c1-8(2)19-14(13(16)10(4)18-19)17-11-5-6-12(15)9(3)7-11/h5-8,17H,16H2,1-4H3. The topological polar surface area (TPSA) is 55.9 Å². The molecule has 4 nitrogen and oxygen atoms in total. The molecule has 19 heavy (non-hydrogen) atoms. The number of hydrogen-bond donors (Lipinski definition) is 2. The van der Waals surface area contributed by atoms with Crippen LogP contribution in [0.2, 0.25) is 0 Å². The van der Waals surface area contributed by atoms with E-state index in [1.807, 2.05) is 25.5 Å². The molecule has 0 spiro atoms. The van der Waals surface area contributed by atoms with Crippen molar-refractivity contribution in [1.82, 2.24) is 9.78 Å². The van der Waals surface area contributed by atoms with Gasteiger partial charge in [0.15, 0.2) is 5.82 Å². The van der Waals surface area contributed by atoms with Crippen molar-refractivity contribution in [3.8, 4) is 0 Å². The Balaban J connectivity index is 2.40. The van der Waals surface area contributed by atoms with Crippen molar-refractivity contribution in [2.45, 2.75) is 33.7 Å². The van der Waals surface area contributed by atoms with Crippen LogP contribution >= 0.6 is 0 Å². The van der Waals surface area contributed by atoms with E-state index in [-0.39, 0.29) is 11.9 Å². The molecular weight excluding hydrogens is 243 g/mol. The molecule has 0 aliphatic heterocycles. The molecule has 2 aromatic rings. The summed E-state index contributed by atoms with van der Waals surface area (Å²) < 4.78 is 15.1. The molecule has 0 aliphatic carbocycles. The summed E-state index contributed by atoms with van der Waals surface area (Å²) in [4.78, 5) is 0. The third-order valence-electron chi connectivity index (χ3n) is 3.04.